The highest BCUT2D eigenvalue weighted by molar-refractivity contribution is 4.86. The number of likely N-dealkylation sites (N-methyl/N-ethyl adjacent to an activating group) is 1. The van der Waals surface area contributed by atoms with Gasteiger partial charge in [-0.05, 0) is 33.2 Å². The molecule has 0 aromatic carbocycles. The molecule has 0 bridgehead atoms. The smallest absolute Gasteiger partial charge is 0.0590 e. The first-order valence-corrected chi connectivity index (χ1v) is 6.14. The van der Waals surface area contributed by atoms with Crippen LogP contribution in [0.15, 0.2) is 12.2 Å². The molecule has 0 amide bonds. The Morgan fingerprint density at radius 2 is 1.73 bits per heavy atom. The molecule has 0 fully saturated rings. The van der Waals surface area contributed by atoms with Gasteiger partial charge in [0, 0.05) is 13.2 Å². The molecule has 0 atom stereocenters. The zero-order valence-corrected chi connectivity index (χ0v) is 10.5. The van der Waals surface area contributed by atoms with Gasteiger partial charge >= 0.3 is 0 Å². The van der Waals surface area contributed by atoms with Gasteiger partial charge in [-0.3, -0.25) is 0 Å². The number of unbranched alkanes of at least 4 members (excludes halogenated alkanes) is 4. The van der Waals surface area contributed by atoms with Crippen molar-refractivity contribution in [1.29, 1.82) is 0 Å². The Bertz CT molecular complexity index is 145. The highest BCUT2D eigenvalue weighted by Crippen LogP contribution is 2.08. The van der Waals surface area contributed by atoms with Gasteiger partial charge in [0.15, 0.2) is 0 Å². The van der Waals surface area contributed by atoms with Crippen LogP contribution in [0.5, 0.6) is 0 Å². The number of hydrogen-bond acceptors (Lipinski definition) is 2. The van der Waals surface area contributed by atoms with Crippen LogP contribution < -0.4 is 5.32 Å². The van der Waals surface area contributed by atoms with Gasteiger partial charge in [0.05, 0.1) is 6.61 Å². The summed E-state index contributed by atoms with van der Waals surface area (Å²) in [6.07, 6.45) is 7.67. The van der Waals surface area contributed by atoms with Crippen LogP contribution >= 0.6 is 0 Å². The number of ether oxygens (including phenoxy) is 1. The summed E-state index contributed by atoms with van der Waals surface area (Å²) in [6.45, 7) is 8.73. The molecule has 1 N–H and O–H groups in total. The molecule has 0 heterocycles. The molecule has 0 saturated carbocycles. The predicted octanol–water partition coefficient (Wildman–Crippen LogP) is 3.14. The standard InChI is InChI=1S/C13H27NO/c1-13(2)9-7-5-4-6-8-11-15-12-10-14-3/h14H,1,4-12H2,2-3H3. The molecule has 0 aromatic heterocycles. The van der Waals surface area contributed by atoms with E-state index in [1.807, 2.05) is 7.05 Å². The fourth-order valence-electron chi connectivity index (χ4n) is 1.44. The lowest BCUT2D eigenvalue weighted by atomic mass is 10.1. The van der Waals surface area contributed by atoms with Crippen LogP contribution in [-0.4, -0.2) is 26.8 Å². The van der Waals surface area contributed by atoms with Crippen molar-refractivity contribution in [2.75, 3.05) is 26.8 Å². The molecular weight excluding hydrogens is 186 g/mol. The third-order valence-electron chi connectivity index (χ3n) is 2.39. The second-order valence-electron chi connectivity index (χ2n) is 4.19. The van der Waals surface area contributed by atoms with Crippen LogP contribution in [0, 0.1) is 0 Å². The van der Waals surface area contributed by atoms with Gasteiger partial charge in [-0.1, -0.05) is 24.8 Å². The maximum Gasteiger partial charge on any atom is 0.0590 e. The summed E-state index contributed by atoms with van der Waals surface area (Å²) in [7, 11) is 1.95. The number of rotatable bonds is 11. The molecule has 0 aliphatic carbocycles. The summed E-state index contributed by atoms with van der Waals surface area (Å²) in [5.41, 5.74) is 1.31. The van der Waals surface area contributed by atoms with Crippen molar-refractivity contribution >= 4 is 0 Å². The Morgan fingerprint density at radius 1 is 1.07 bits per heavy atom. The average Bonchev–Trinajstić information content (AvgIpc) is 2.20. The molecule has 0 saturated heterocycles. The SMILES string of the molecule is C=C(C)CCCCCCCOCCNC. The minimum Gasteiger partial charge on any atom is -0.380 e. The molecule has 2 heteroatoms. The number of nitrogens with one attached hydrogen (secondary N) is 1. The van der Waals surface area contributed by atoms with E-state index in [9.17, 15) is 0 Å². The van der Waals surface area contributed by atoms with Crippen LogP contribution in [0.25, 0.3) is 0 Å². The average molecular weight is 213 g/mol. The van der Waals surface area contributed by atoms with Crippen molar-refractivity contribution in [3.05, 3.63) is 12.2 Å². The van der Waals surface area contributed by atoms with Crippen molar-refractivity contribution in [2.45, 2.75) is 45.4 Å². The van der Waals surface area contributed by atoms with E-state index in [0.717, 1.165) is 19.8 Å². The molecule has 0 aromatic rings. The Morgan fingerprint density at radius 3 is 2.40 bits per heavy atom. The Labute approximate surface area is 95.1 Å². The van der Waals surface area contributed by atoms with Gasteiger partial charge in [-0.2, -0.15) is 0 Å². The summed E-state index contributed by atoms with van der Waals surface area (Å²) in [5.74, 6) is 0. The normalized spacial score (nSPS) is 10.5. The molecule has 0 rings (SSSR count). The monoisotopic (exact) mass is 213 g/mol. The lowest BCUT2D eigenvalue weighted by Gasteiger charge is -2.04. The van der Waals surface area contributed by atoms with Crippen LogP contribution in [0.4, 0.5) is 0 Å². The quantitative estimate of drug-likeness (QED) is 0.420. The largest absolute Gasteiger partial charge is 0.380 e. The fourth-order valence-corrected chi connectivity index (χ4v) is 1.44. The third-order valence-corrected chi connectivity index (χ3v) is 2.39. The molecule has 0 aliphatic rings. The van der Waals surface area contributed by atoms with E-state index in [-0.39, 0.29) is 0 Å². The number of hydrogen-bond donors (Lipinski definition) is 1. The summed E-state index contributed by atoms with van der Waals surface area (Å²) in [6, 6.07) is 0. The van der Waals surface area contributed by atoms with Gasteiger partial charge in [0.25, 0.3) is 0 Å². The zero-order valence-electron chi connectivity index (χ0n) is 10.5. The second-order valence-corrected chi connectivity index (χ2v) is 4.19. The van der Waals surface area contributed by atoms with E-state index in [4.69, 9.17) is 4.74 Å². The summed E-state index contributed by atoms with van der Waals surface area (Å²) < 4.78 is 5.44. The van der Waals surface area contributed by atoms with E-state index in [2.05, 4.69) is 18.8 Å². The first kappa shape index (κ1) is 14.7. The minimum atomic E-state index is 0.839. The molecule has 2 nitrogen and oxygen atoms in total. The van der Waals surface area contributed by atoms with Crippen LogP contribution in [0.1, 0.15) is 45.4 Å². The van der Waals surface area contributed by atoms with Crippen molar-refractivity contribution in [2.24, 2.45) is 0 Å². The zero-order chi connectivity index (χ0) is 11.4. The first-order chi connectivity index (χ1) is 7.27. The second kappa shape index (κ2) is 11.7. The Kier molecular flexibility index (Phi) is 11.5. The van der Waals surface area contributed by atoms with Crippen LogP contribution in [0.3, 0.4) is 0 Å². The van der Waals surface area contributed by atoms with E-state index in [0.29, 0.717) is 0 Å². The molecule has 15 heavy (non-hydrogen) atoms. The van der Waals surface area contributed by atoms with Gasteiger partial charge in [-0.25, -0.2) is 0 Å². The molecule has 90 valence electrons. The third kappa shape index (κ3) is 13.7. The summed E-state index contributed by atoms with van der Waals surface area (Å²) in [5, 5.41) is 3.06. The van der Waals surface area contributed by atoms with E-state index in [1.54, 1.807) is 0 Å². The lowest BCUT2D eigenvalue weighted by Crippen LogP contribution is -2.14. The summed E-state index contributed by atoms with van der Waals surface area (Å²) >= 11 is 0. The molecular formula is C13H27NO. The van der Waals surface area contributed by atoms with Crippen LogP contribution in [0.2, 0.25) is 0 Å². The van der Waals surface area contributed by atoms with Gasteiger partial charge in [0.1, 0.15) is 0 Å². The molecule has 0 spiro atoms. The summed E-state index contributed by atoms with van der Waals surface area (Å²) in [4.78, 5) is 0. The maximum absolute atomic E-state index is 5.44. The van der Waals surface area contributed by atoms with Crippen molar-refractivity contribution in [1.82, 2.24) is 5.32 Å². The highest BCUT2D eigenvalue weighted by atomic mass is 16.5. The topological polar surface area (TPSA) is 21.3 Å². The van der Waals surface area contributed by atoms with E-state index in [1.165, 1.54) is 44.1 Å². The van der Waals surface area contributed by atoms with Crippen molar-refractivity contribution in [3.8, 4) is 0 Å². The molecule has 0 radical (unpaired) electrons. The first-order valence-electron chi connectivity index (χ1n) is 6.14. The van der Waals surface area contributed by atoms with Crippen LogP contribution in [-0.2, 0) is 4.74 Å². The number of allylic oxidation sites excluding steroid dienone is 1. The maximum atomic E-state index is 5.44. The molecule has 0 unspecified atom stereocenters. The van der Waals surface area contributed by atoms with E-state index < -0.39 is 0 Å². The van der Waals surface area contributed by atoms with Crippen molar-refractivity contribution < 1.29 is 4.74 Å². The molecule has 0 aliphatic heterocycles. The van der Waals surface area contributed by atoms with E-state index >= 15 is 0 Å². The lowest BCUT2D eigenvalue weighted by molar-refractivity contribution is 0.133. The predicted molar refractivity (Wildman–Crippen MR) is 67.3 cm³/mol. The van der Waals surface area contributed by atoms with Gasteiger partial charge in [-0.15, -0.1) is 6.58 Å². The minimum absolute atomic E-state index is 0.839. The van der Waals surface area contributed by atoms with Gasteiger partial charge in [0.2, 0.25) is 0 Å². The Hall–Kier alpha value is -0.340. The highest BCUT2D eigenvalue weighted by Gasteiger charge is 1.92. The fraction of sp³-hybridized carbons (Fsp3) is 0.846. The van der Waals surface area contributed by atoms with Crippen molar-refractivity contribution in [3.63, 3.8) is 0 Å². The van der Waals surface area contributed by atoms with Gasteiger partial charge < -0.3 is 10.1 Å². The Balaban J connectivity index is 2.89.